The van der Waals surface area contributed by atoms with Crippen LogP contribution in [0.4, 0.5) is 26.0 Å². The molecule has 0 radical (unpaired) electrons. The van der Waals surface area contributed by atoms with Crippen molar-refractivity contribution in [3.63, 3.8) is 0 Å². The molecule has 6 nitrogen and oxygen atoms in total. The highest BCUT2D eigenvalue weighted by Crippen LogP contribution is 2.29. The number of piperazine rings is 1. The molecule has 3 aromatic rings. The van der Waals surface area contributed by atoms with Crippen LogP contribution in [0.3, 0.4) is 0 Å². The molecular weight excluding hydrogens is 444 g/mol. The van der Waals surface area contributed by atoms with Gasteiger partial charge in [-0.1, -0.05) is 23.9 Å². The van der Waals surface area contributed by atoms with Gasteiger partial charge in [-0.3, -0.25) is 4.79 Å². The molecule has 9 heteroatoms. The maximum atomic E-state index is 13.8. The Labute approximate surface area is 196 Å². The standard InChI is InChI=1S/C24H25F2N5OS/c1-16-4-3-5-21(17(16)2)30-10-12-31(13-11-30)23-24(28-9-8-27-23)33-15-22(32)29-20-7-6-18(25)14-19(20)26/h3-9,14H,10-13,15H2,1-2H3,(H,29,32). The SMILES string of the molecule is Cc1cccc(N2CCN(c3nccnc3SCC(=O)Nc3ccc(F)cc3F)CC2)c1C. The minimum absolute atomic E-state index is 0.0327. The number of carbonyl (C=O) groups is 1. The molecule has 33 heavy (non-hydrogen) atoms. The molecule has 4 rings (SSSR count). The lowest BCUT2D eigenvalue weighted by molar-refractivity contribution is -0.113. The van der Waals surface area contributed by atoms with Crippen molar-refractivity contribution >= 4 is 34.9 Å². The van der Waals surface area contributed by atoms with Crippen LogP contribution in [0.25, 0.3) is 0 Å². The van der Waals surface area contributed by atoms with Crippen molar-refractivity contribution in [3.05, 3.63) is 71.6 Å². The van der Waals surface area contributed by atoms with E-state index in [1.807, 2.05) is 0 Å². The van der Waals surface area contributed by atoms with Crippen LogP contribution in [0.2, 0.25) is 0 Å². The number of anilines is 3. The topological polar surface area (TPSA) is 61.4 Å². The van der Waals surface area contributed by atoms with Gasteiger partial charge in [0.2, 0.25) is 5.91 Å². The average molecular weight is 470 g/mol. The highest BCUT2D eigenvalue weighted by atomic mass is 32.2. The van der Waals surface area contributed by atoms with Gasteiger partial charge < -0.3 is 15.1 Å². The summed E-state index contributed by atoms with van der Waals surface area (Å²) in [6.07, 6.45) is 3.24. The van der Waals surface area contributed by atoms with Gasteiger partial charge in [-0.15, -0.1) is 0 Å². The Morgan fingerprint density at radius 2 is 1.76 bits per heavy atom. The Morgan fingerprint density at radius 3 is 2.52 bits per heavy atom. The molecule has 1 aliphatic rings. The van der Waals surface area contributed by atoms with Crippen molar-refractivity contribution < 1.29 is 13.6 Å². The molecule has 2 aromatic carbocycles. The van der Waals surface area contributed by atoms with E-state index >= 15 is 0 Å². The van der Waals surface area contributed by atoms with E-state index in [-0.39, 0.29) is 11.4 Å². The maximum Gasteiger partial charge on any atom is 0.234 e. The summed E-state index contributed by atoms with van der Waals surface area (Å²) in [6, 6.07) is 9.41. The van der Waals surface area contributed by atoms with Crippen LogP contribution in [0, 0.1) is 25.5 Å². The number of thioether (sulfide) groups is 1. The summed E-state index contributed by atoms with van der Waals surface area (Å²) >= 11 is 1.24. The second-order valence-electron chi connectivity index (χ2n) is 7.84. The summed E-state index contributed by atoms with van der Waals surface area (Å²) in [5, 5.41) is 3.12. The third-order valence-corrected chi connectivity index (χ3v) is 6.66. The highest BCUT2D eigenvalue weighted by Gasteiger charge is 2.22. The summed E-state index contributed by atoms with van der Waals surface area (Å²) in [7, 11) is 0. The first kappa shape index (κ1) is 23.0. The molecule has 1 N–H and O–H groups in total. The number of carbonyl (C=O) groups excluding carboxylic acids is 1. The summed E-state index contributed by atoms with van der Waals surface area (Å²) in [5.74, 6) is -1.13. The largest absolute Gasteiger partial charge is 0.368 e. The first-order chi connectivity index (χ1) is 15.9. The summed E-state index contributed by atoms with van der Waals surface area (Å²) in [5.41, 5.74) is 3.78. The second kappa shape index (κ2) is 10.2. The molecule has 0 spiro atoms. The molecule has 1 aliphatic heterocycles. The molecule has 0 saturated carbocycles. The van der Waals surface area contributed by atoms with Crippen molar-refractivity contribution in [1.29, 1.82) is 0 Å². The third kappa shape index (κ3) is 5.42. The molecule has 0 aliphatic carbocycles. The minimum Gasteiger partial charge on any atom is -0.368 e. The van der Waals surface area contributed by atoms with E-state index in [4.69, 9.17) is 0 Å². The molecule has 0 bridgehead atoms. The van der Waals surface area contributed by atoms with Crippen molar-refractivity contribution in [1.82, 2.24) is 9.97 Å². The first-order valence-electron chi connectivity index (χ1n) is 10.7. The van der Waals surface area contributed by atoms with Crippen LogP contribution in [0.15, 0.2) is 53.8 Å². The quantitative estimate of drug-likeness (QED) is 0.539. The molecule has 0 atom stereocenters. The minimum atomic E-state index is -0.810. The molecular formula is C24H25F2N5OS. The number of benzene rings is 2. The van der Waals surface area contributed by atoms with Gasteiger partial charge >= 0.3 is 0 Å². The van der Waals surface area contributed by atoms with Crippen LogP contribution in [0.5, 0.6) is 0 Å². The van der Waals surface area contributed by atoms with Crippen molar-refractivity contribution in [2.24, 2.45) is 0 Å². The van der Waals surface area contributed by atoms with E-state index in [1.54, 1.807) is 12.4 Å². The molecule has 1 aromatic heterocycles. The zero-order valence-electron chi connectivity index (χ0n) is 18.5. The van der Waals surface area contributed by atoms with E-state index in [0.29, 0.717) is 5.03 Å². The number of hydrogen-bond acceptors (Lipinski definition) is 6. The summed E-state index contributed by atoms with van der Waals surface area (Å²) in [4.78, 5) is 25.8. The second-order valence-corrected chi connectivity index (χ2v) is 8.80. The van der Waals surface area contributed by atoms with E-state index in [2.05, 4.69) is 57.1 Å². The van der Waals surface area contributed by atoms with E-state index in [9.17, 15) is 13.6 Å². The number of nitrogens with one attached hydrogen (secondary N) is 1. The number of aromatic nitrogens is 2. The van der Waals surface area contributed by atoms with Crippen LogP contribution in [-0.4, -0.2) is 47.8 Å². The van der Waals surface area contributed by atoms with Gasteiger partial charge in [0.25, 0.3) is 0 Å². The smallest absolute Gasteiger partial charge is 0.234 e. The van der Waals surface area contributed by atoms with Crippen molar-refractivity contribution in [2.75, 3.05) is 47.0 Å². The Morgan fingerprint density at radius 1 is 1.03 bits per heavy atom. The fourth-order valence-corrected chi connectivity index (χ4v) is 4.57. The molecule has 2 heterocycles. The zero-order chi connectivity index (χ0) is 23.4. The van der Waals surface area contributed by atoms with E-state index < -0.39 is 17.5 Å². The fourth-order valence-electron chi connectivity index (χ4n) is 3.79. The zero-order valence-corrected chi connectivity index (χ0v) is 19.3. The molecule has 0 unspecified atom stereocenters. The van der Waals surface area contributed by atoms with Crippen LogP contribution in [0.1, 0.15) is 11.1 Å². The van der Waals surface area contributed by atoms with E-state index in [0.717, 1.165) is 44.1 Å². The predicted molar refractivity (Wildman–Crippen MR) is 128 cm³/mol. The van der Waals surface area contributed by atoms with Crippen molar-refractivity contribution in [2.45, 2.75) is 18.9 Å². The molecule has 1 saturated heterocycles. The van der Waals surface area contributed by atoms with Crippen molar-refractivity contribution in [3.8, 4) is 0 Å². The summed E-state index contributed by atoms with van der Waals surface area (Å²) < 4.78 is 26.8. The Balaban J connectivity index is 1.38. The Kier molecular flexibility index (Phi) is 7.08. The number of amides is 1. The van der Waals surface area contributed by atoms with Gasteiger partial charge in [-0.05, 0) is 43.2 Å². The molecule has 172 valence electrons. The maximum absolute atomic E-state index is 13.8. The average Bonchev–Trinajstić information content (AvgIpc) is 2.82. The normalized spacial score (nSPS) is 13.8. The van der Waals surface area contributed by atoms with Gasteiger partial charge in [0, 0.05) is 50.3 Å². The number of rotatable bonds is 6. The van der Waals surface area contributed by atoms with Crippen LogP contribution < -0.4 is 15.1 Å². The molecule has 1 amide bonds. The van der Waals surface area contributed by atoms with Gasteiger partial charge in [0.15, 0.2) is 5.82 Å². The number of hydrogen-bond donors (Lipinski definition) is 1. The van der Waals surface area contributed by atoms with Crippen LogP contribution >= 0.6 is 11.8 Å². The first-order valence-corrected chi connectivity index (χ1v) is 11.7. The predicted octanol–water partition coefficient (Wildman–Crippen LogP) is 4.43. The third-order valence-electron chi connectivity index (χ3n) is 5.69. The molecule has 1 fully saturated rings. The van der Waals surface area contributed by atoms with E-state index in [1.165, 1.54) is 34.6 Å². The lowest BCUT2D eigenvalue weighted by Crippen LogP contribution is -2.47. The van der Waals surface area contributed by atoms with Crippen LogP contribution in [-0.2, 0) is 4.79 Å². The monoisotopic (exact) mass is 469 g/mol. The lowest BCUT2D eigenvalue weighted by atomic mass is 10.1. The summed E-state index contributed by atoms with van der Waals surface area (Å²) in [6.45, 7) is 7.56. The fraction of sp³-hybridized carbons (Fsp3) is 0.292. The lowest BCUT2D eigenvalue weighted by Gasteiger charge is -2.37. The Hall–Kier alpha value is -3.20. The van der Waals surface area contributed by atoms with Gasteiger partial charge in [0.1, 0.15) is 16.7 Å². The number of nitrogens with zero attached hydrogens (tertiary/aromatic N) is 4. The highest BCUT2D eigenvalue weighted by molar-refractivity contribution is 8.00. The van der Waals surface area contributed by atoms with Gasteiger partial charge in [0.05, 0.1) is 11.4 Å². The Bertz CT molecular complexity index is 1150. The van der Waals surface area contributed by atoms with Gasteiger partial charge in [-0.2, -0.15) is 0 Å². The number of halogens is 2. The van der Waals surface area contributed by atoms with Gasteiger partial charge in [-0.25, -0.2) is 18.7 Å². The number of aryl methyl sites for hydroxylation is 1.